The number of ether oxygens (including phenoxy) is 1. The summed E-state index contributed by atoms with van der Waals surface area (Å²) in [5, 5.41) is 3.61. The predicted molar refractivity (Wildman–Crippen MR) is 81.1 cm³/mol. The largest absolute Gasteiger partial charge is 0.497 e. The van der Waals surface area contributed by atoms with Crippen molar-refractivity contribution < 1.29 is 4.74 Å². The Bertz CT molecular complexity index is 364. The van der Waals surface area contributed by atoms with Gasteiger partial charge in [0.25, 0.3) is 0 Å². The van der Waals surface area contributed by atoms with Crippen molar-refractivity contribution in [2.24, 2.45) is 5.92 Å². The highest BCUT2D eigenvalue weighted by atomic mass is 79.9. The predicted octanol–water partition coefficient (Wildman–Crippen LogP) is 4.37. The number of hydrogen-bond acceptors (Lipinski definition) is 2. The van der Waals surface area contributed by atoms with Crippen LogP contribution in [0.1, 0.15) is 39.2 Å². The normalized spacial score (nSPS) is 12.8. The van der Waals surface area contributed by atoms with Crippen LogP contribution in [-0.4, -0.2) is 13.2 Å². The number of rotatable bonds is 7. The quantitative estimate of drug-likeness (QED) is 0.807. The first-order chi connectivity index (χ1) is 8.62. The fourth-order valence-corrected chi connectivity index (χ4v) is 2.73. The van der Waals surface area contributed by atoms with Crippen molar-refractivity contribution in [1.82, 2.24) is 5.32 Å². The summed E-state index contributed by atoms with van der Waals surface area (Å²) < 4.78 is 6.30. The molecule has 0 heterocycles. The molecule has 1 aromatic rings. The summed E-state index contributed by atoms with van der Waals surface area (Å²) in [6.07, 6.45) is 2.46. The van der Waals surface area contributed by atoms with E-state index in [1.807, 2.05) is 12.1 Å². The zero-order valence-corrected chi connectivity index (χ0v) is 13.4. The van der Waals surface area contributed by atoms with Crippen molar-refractivity contribution in [1.29, 1.82) is 0 Å². The Morgan fingerprint density at radius 1 is 1.28 bits per heavy atom. The van der Waals surface area contributed by atoms with Crippen molar-refractivity contribution in [2.75, 3.05) is 7.11 Å². The van der Waals surface area contributed by atoms with Crippen molar-refractivity contribution >= 4 is 15.9 Å². The maximum absolute atomic E-state index is 5.20. The highest BCUT2D eigenvalue weighted by Gasteiger charge is 2.13. The highest BCUT2D eigenvalue weighted by molar-refractivity contribution is 9.10. The van der Waals surface area contributed by atoms with Crippen LogP contribution in [0.4, 0.5) is 0 Å². The molecule has 0 amide bonds. The summed E-state index contributed by atoms with van der Waals surface area (Å²) in [6, 6.07) is 6.67. The lowest BCUT2D eigenvalue weighted by atomic mass is 9.95. The molecule has 1 rings (SSSR count). The smallest absolute Gasteiger partial charge is 0.120 e. The molecule has 0 aliphatic heterocycles. The zero-order chi connectivity index (χ0) is 13.5. The summed E-state index contributed by atoms with van der Waals surface area (Å²) in [6.45, 7) is 7.68. The van der Waals surface area contributed by atoms with Crippen molar-refractivity contribution in [3.8, 4) is 5.75 Å². The van der Waals surface area contributed by atoms with Crippen LogP contribution >= 0.6 is 15.9 Å². The third-order valence-corrected chi connectivity index (χ3v) is 4.37. The SMILES string of the molecule is CCC(CC)C(C)NCc1ccc(OC)cc1Br. The highest BCUT2D eigenvalue weighted by Crippen LogP contribution is 2.23. The molecule has 0 aliphatic rings. The van der Waals surface area contributed by atoms with Crippen LogP contribution in [0.15, 0.2) is 22.7 Å². The molecule has 102 valence electrons. The molecule has 2 nitrogen and oxygen atoms in total. The van der Waals surface area contributed by atoms with Crippen LogP contribution in [0.5, 0.6) is 5.75 Å². The molecule has 0 aromatic heterocycles. The Kier molecular flexibility index (Phi) is 6.72. The maximum atomic E-state index is 5.20. The summed E-state index contributed by atoms with van der Waals surface area (Å²) in [5.41, 5.74) is 1.27. The number of halogens is 1. The molecule has 0 aliphatic carbocycles. The van der Waals surface area contributed by atoms with Gasteiger partial charge in [0.05, 0.1) is 7.11 Å². The maximum Gasteiger partial charge on any atom is 0.120 e. The molecular formula is C15H24BrNO. The minimum absolute atomic E-state index is 0.550. The Labute approximate surface area is 119 Å². The summed E-state index contributed by atoms with van der Waals surface area (Å²) in [4.78, 5) is 0. The van der Waals surface area contributed by atoms with Gasteiger partial charge in [0.2, 0.25) is 0 Å². The first-order valence-electron chi connectivity index (χ1n) is 6.68. The number of nitrogens with one attached hydrogen (secondary N) is 1. The van der Waals surface area contributed by atoms with Crippen LogP contribution < -0.4 is 10.1 Å². The van der Waals surface area contributed by atoms with Gasteiger partial charge in [0.15, 0.2) is 0 Å². The van der Waals surface area contributed by atoms with E-state index in [2.05, 4.69) is 48.1 Å². The van der Waals surface area contributed by atoms with Gasteiger partial charge in [0.1, 0.15) is 5.75 Å². The molecule has 3 heteroatoms. The Hall–Kier alpha value is -0.540. The topological polar surface area (TPSA) is 21.3 Å². The summed E-state index contributed by atoms with van der Waals surface area (Å²) >= 11 is 3.59. The third kappa shape index (κ3) is 4.29. The van der Waals surface area contributed by atoms with E-state index in [4.69, 9.17) is 4.74 Å². The summed E-state index contributed by atoms with van der Waals surface area (Å²) in [5.74, 6) is 1.64. The van der Waals surface area contributed by atoms with Gasteiger partial charge in [0, 0.05) is 17.1 Å². The molecule has 0 spiro atoms. The minimum atomic E-state index is 0.550. The molecule has 1 N–H and O–H groups in total. The minimum Gasteiger partial charge on any atom is -0.497 e. The second-order valence-corrected chi connectivity index (χ2v) is 5.56. The lowest BCUT2D eigenvalue weighted by Crippen LogP contribution is -2.32. The van der Waals surface area contributed by atoms with Gasteiger partial charge in [-0.05, 0) is 30.5 Å². The second-order valence-electron chi connectivity index (χ2n) is 4.70. The monoisotopic (exact) mass is 313 g/mol. The van der Waals surface area contributed by atoms with Gasteiger partial charge in [-0.3, -0.25) is 0 Å². The lowest BCUT2D eigenvalue weighted by Gasteiger charge is -2.23. The molecule has 0 radical (unpaired) electrons. The van der Waals surface area contributed by atoms with Crippen LogP contribution in [0.25, 0.3) is 0 Å². The van der Waals surface area contributed by atoms with Crippen LogP contribution in [0.2, 0.25) is 0 Å². The number of methoxy groups -OCH3 is 1. The Balaban J connectivity index is 2.58. The average Bonchev–Trinajstić information content (AvgIpc) is 2.38. The molecule has 1 aromatic carbocycles. The Morgan fingerprint density at radius 2 is 1.94 bits per heavy atom. The van der Waals surface area contributed by atoms with Crippen LogP contribution in [-0.2, 0) is 6.54 Å². The first-order valence-corrected chi connectivity index (χ1v) is 7.47. The van der Waals surface area contributed by atoms with Gasteiger partial charge in [-0.2, -0.15) is 0 Å². The molecular weight excluding hydrogens is 290 g/mol. The van der Waals surface area contributed by atoms with Crippen molar-refractivity contribution in [3.63, 3.8) is 0 Å². The lowest BCUT2D eigenvalue weighted by molar-refractivity contribution is 0.353. The van der Waals surface area contributed by atoms with Gasteiger partial charge < -0.3 is 10.1 Å². The standard InChI is InChI=1S/C15H24BrNO/c1-5-12(6-2)11(3)17-10-13-7-8-14(18-4)9-15(13)16/h7-9,11-12,17H,5-6,10H2,1-4H3. The Morgan fingerprint density at radius 3 is 2.44 bits per heavy atom. The molecule has 18 heavy (non-hydrogen) atoms. The fraction of sp³-hybridized carbons (Fsp3) is 0.600. The molecule has 0 fully saturated rings. The van der Waals surface area contributed by atoms with E-state index in [1.54, 1.807) is 7.11 Å². The van der Waals surface area contributed by atoms with Crippen molar-refractivity contribution in [3.05, 3.63) is 28.2 Å². The van der Waals surface area contributed by atoms with Crippen LogP contribution in [0, 0.1) is 5.92 Å². The van der Waals surface area contributed by atoms with Gasteiger partial charge in [-0.1, -0.05) is 48.7 Å². The van der Waals surface area contributed by atoms with Gasteiger partial charge >= 0.3 is 0 Å². The number of hydrogen-bond donors (Lipinski definition) is 1. The molecule has 0 saturated heterocycles. The zero-order valence-electron chi connectivity index (χ0n) is 11.8. The molecule has 1 unspecified atom stereocenters. The van der Waals surface area contributed by atoms with E-state index >= 15 is 0 Å². The second kappa shape index (κ2) is 7.80. The third-order valence-electron chi connectivity index (χ3n) is 3.63. The first kappa shape index (κ1) is 15.5. The van der Waals surface area contributed by atoms with Gasteiger partial charge in [-0.25, -0.2) is 0 Å². The van der Waals surface area contributed by atoms with E-state index in [-0.39, 0.29) is 0 Å². The van der Waals surface area contributed by atoms with E-state index in [0.717, 1.165) is 22.7 Å². The van der Waals surface area contributed by atoms with E-state index in [0.29, 0.717) is 6.04 Å². The molecule has 0 bridgehead atoms. The van der Waals surface area contributed by atoms with Crippen LogP contribution in [0.3, 0.4) is 0 Å². The average molecular weight is 314 g/mol. The fourth-order valence-electron chi connectivity index (χ4n) is 2.23. The number of benzene rings is 1. The molecule has 0 saturated carbocycles. The van der Waals surface area contributed by atoms with E-state index < -0.39 is 0 Å². The van der Waals surface area contributed by atoms with Gasteiger partial charge in [-0.15, -0.1) is 0 Å². The van der Waals surface area contributed by atoms with E-state index in [9.17, 15) is 0 Å². The molecule has 1 atom stereocenters. The summed E-state index contributed by atoms with van der Waals surface area (Å²) in [7, 11) is 1.69. The van der Waals surface area contributed by atoms with Crippen molar-refractivity contribution in [2.45, 2.75) is 46.2 Å². The van der Waals surface area contributed by atoms with E-state index in [1.165, 1.54) is 18.4 Å².